The Morgan fingerprint density at radius 2 is 1.76 bits per heavy atom. The molecule has 0 fully saturated rings. The third-order valence-corrected chi connectivity index (χ3v) is 3.43. The van der Waals surface area contributed by atoms with E-state index in [9.17, 15) is 0 Å². The minimum atomic E-state index is 0.663. The molecule has 0 saturated heterocycles. The summed E-state index contributed by atoms with van der Waals surface area (Å²) < 4.78 is 5.81. The Hall–Kier alpha value is -1.98. The van der Waals surface area contributed by atoms with Crippen molar-refractivity contribution in [2.45, 2.75) is 6.54 Å². The highest BCUT2D eigenvalue weighted by Crippen LogP contribution is 2.11. The quantitative estimate of drug-likeness (QED) is 0.623. The maximum absolute atomic E-state index is 5.15. The van der Waals surface area contributed by atoms with Crippen molar-refractivity contribution < 1.29 is 4.74 Å². The number of benzene rings is 1. The normalized spacial score (nSPS) is 11.4. The molecule has 1 N–H and O–H groups in total. The van der Waals surface area contributed by atoms with E-state index in [1.165, 1.54) is 5.56 Å². The third kappa shape index (κ3) is 4.51. The number of quaternary nitrogens is 1. The van der Waals surface area contributed by atoms with Crippen LogP contribution in [-0.2, 0) is 6.54 Å². The Balaban J connectivity index is 1.78. The van der Waals surface area contributed by atoms with Crippen molar-refractivity contribution in [2.75, 3.05) is 34.3 Å². The fraction of sp³-hybridized carbons (Fsp3) is 0.375. The van der Waals surface area contributed by atoms with Gasteiger partial charge >= 0.3 is 5.95 Å². The first-order valence-electron chi connectivity index (χ1n) is 7.06. The third-order valence-electron chi connectivity index (χ3n) is 3.43. The van der Waals surface area contributed by atoms with Gasteiger partial charge in [0.25, 0.3) is 0 Å². The molecule has 21 heavy (non-hydrogen) atoms. The number of methoxy groups -OCH3 is 1. The first-order chi connectivity index (χ1) is 10.1. The summed E-state index contributed by atoms with van der Waals surface area (Å²) in [4.78, 5) is 8.65. The van der Waals surface area contributed by atoms with Crippen LogP contribution in [0.4, 0.5) is 5.95 Å². The van der Waals surface area contributed by atoms with Crippen LogP contribution in [-0.4, -0.2) is 44.3 Å². The van der Waals surface area contributed by atoms with Gasteiger partial charge in [-0.15, -0.1) is 0 Å². The zero-order chi connectivity index (χ0) is 15.1. The first kappa shape index (κ1) is 15.4. The second kappa shape index (κ2) is 7.15. The monoisotopic (exact) mass is 287 g/mol. The van der Waals surface area contributed by atoms with E-state index >= 15 is 0 Å². The van der Waals surface area contributed by atoms with E-state index in [0.717, 1.165) is 31.3 Å². The Labute approximate surface area is 126 Å². The molecule has 0 aliphatic carbocycles. The molecular weight excluding hydrogens is 264 g/mol. The number of likely N-dealkylation sites (N-methyl/N-ethyl adjacent to an activating group) is 1. The molecule has 5 heteroatoms. The van der Waals surface area contributed by atoms with Crippen LogP contribution in [0.3, 0.4) is 0 Å². The number of hydrogen-bond acceptors (Lipinski definition) is 4. The highest BCUT2D eigenvalue weighted by molar-refractivity contribution is 5.27. The molecular formula is C16H23N4O+. The lowest BCUT2D eigenvalue weighted by molar-refractivity contribution is 0.371. The molecule has 0 unspecified atom stereocenters. The molecule has 5 nitrogen and oxygen atoms in total. The van der Waals surface area contributed by atoms with Crippen molar-refractivity contribution in [2.24, 2.45) is 0 Å². The van der Waals surface area contributed by atoms with Crippen molar-refractivity contribution in [3.8, 4) is 5.75 Å². The summed E-state index contributed by atoms with van der Waals surface area (Å²) in [5.41, 5.74) is 1.25. The highest BCUT2D eigenvalue weighted by atomic mass is 16.5. The zero-order valence-electron chi connectivity index (χ0n) is 12.9. The van der Waals surface area contributed by atoms with Crippen LogP contribution in [0.2, 0.25) is 0 Å². The van der Waals surface area contributed by atoms with Crippen LogP contribution in [0.5, 0.6) is 5.75 Å². The molecule has 0 saturated carbocycles. The number of nitrogens with zero attached hydrogens (tertiary/aromatic N) is 3. The van der Waals surface area contributed by atoms with Gasteiger partial charge in [-0.25, -0.2) is 0 Å². The van der Waals surface area contributed by atoms with Gasteiger partial charge in [0.1, 0.15) is 5.75 Å². The average Bonchev–Trinajstić information content (AvgIpc) is 2.53. The van der Waals surface area contributed by atoms with Crippen molar-refractivity contribution in [3.63, 3.8) is 0 Å². The first-order valence-corrected chi connectivity index (χ1v) is 7.06. The van der Waals surface area contributed by atoms with Crippen LogP contribution >= 0.6 is 0 Å². The smallest absolute Gasteiger partial charge is 0.328 e. The van der Waals surface area contributed by atoms with Crippen molar-refractivity contribution in [1.82, 2.24) is 19.8 Å². The Morgan fingerprint density at radius 3 is 2.38 bits per heavy atom. The number of rotatable bonds is 7. The van der Waals surface area contributed by atoms with E-state index in [1.54, 1.807) is 19.5 Å². The molecule has 0 radical (unpaired) electrons. The highest BCUT2D eigenvalue weighted by Gasteiger charge is 2.21. The molecule has 1 heterocycles. The fourth-order valence-electron chi connectivity index (χ4n) is 2.04. The summed E-state index contributed by atoms with van der Waals surface area (Å²) >= 11 is 0. The Kier molecular flexibility index (Phi) is 5.25. The fourth-order valence-corrected chi connectivity index (χ4v) is 2.04. The lowest BCUT2D eigenvalue weighted by atomic mass is 10.2. The summed E-state index contributed by atoms with van der Waals surface area (Å²) in [6.45, 7) is 2.68. The molecule has 2 aromatic rings. The van der Waals surface area contributed by atoms with Gasteiger partial charge in [0, 0.05) is 25.5 Å². The maximum Gasteiger partial charge on any atom is 0.328 e. The SMILES string of the molecule is COc1ccc(CNCC[N+](C)(C)c2ncccn2)cc1. The van der Waals surface area contributed by atoms with E-state index < -0.39 is 0 Å². The number of aromatic nitrogens is 2. The minimum Gasteiger partial charge on any atom is -0.497 e. The molecule has 0 atom stereocenters. The Morgan fingerprint density at radius 1 is 1.10 bits per heavy atom. The molecule has 0 bridgehead atoms. The van der Waals surface area contributed by atoms with Gasteiger partial charge in [-0.1, -0.05) is 12.1 Å². The predicted octanol–water partition coefficient (Wildman–Crippen LogP) is 1.84. The number of ether oxygens (including phenoxy) is 1. The molecule has 0 spiro atoms. The zero-order valence-corrected chi connectivity index (χ0v) is 12.9. The van der Waals surface area contributed by atoms with Gasteiger partial charge in [-0.05, 0) is 23.8 Å². The summed E-state index contributed by atoms with van der Waals surface area (Å²) in [6.07, 6.45) is 3.57. The topological polar surface area (TPSA) is 47.0 Å². The molecule has 1 aromatic carbocycles. The summed E-state index contributed by atoms with van der Waals surface area (Å²) in [5, 5.41) is 3.45. The predicted molar refractivity (Wildman–Crippen MR) is 85.2 cm³/mol. The second-order valence-electron chi connectivity index (χ2n) is 5.48. The summed E-state index contributed by atoms with van der Waals surface area (Å²) in [7, 11) is 5.91. The summed E-state index contributed by atoms with van der Waals surface area (Å²) in [6, 6.07) is 9.95. The van der Waals surface area contributed by atoms with E-state index in [4.69, 9.17) is 4.74 Å². The maximum atomic E-state index is 5.15. The second-order valence-corrected chi connectivity index (χ2v) is 5.48. The molecule has 0 amide bonds. The standard InChI is InChI=1S/C16H23N4O/c1-20(2,16-18-9-4-10-19-16)12-11-17-13-14-5-7-15(21-3)8-6-14/h4-10,17H,11-13H2,1-3H3/q+1. The van der Waals surface area contributed by atoms with Gasteiger partial charge in [-0.3, -0.25) is 4.48 Å². The number of hydrogen-bond donors (Lipinski definition) is 1. The van der Waals surface area contributed by atoms with Gasteiger partial charge in [0.05, 0.1) is 27.7 Å². The molecule has 0 aliphatic heterocycles. The van der Waals surface area contributed by atoms with E-state index in [0.29, 0.717) is 4.48 Å². The Bertz CT molecular complexity index is 540. The van der Waals surface area contributed by atoms with Crippen molar-refractivity contribution >= 4 is 5.95 Å². The average molecular weight is 287 g/mol. The lowest BCUT2D eigenvalue weighted by Crippen LogP contribution is -2.46. The summed E-state index contributed by atoms with van der Waals surface area (Å²) in [5.74, 6) is 1.72. The van der Waals surface area contributed by atoms with Gasteiger partial charge in [0.2, 0.25) is 0 Å². The van der Waals surface area contributed by atoms with Gasteiger partial charge in [-0.2, -0.15) is 9.97 Å². The van der Waals surface area contributed by atoms with Crippen molar-refractivity contribution in [3.05, 3.63) is 48.3 Å². The lowest BCUT2D eigenvalue weighted by Gasteiger charge is -2.26. The van der Waals surface area contributed by atoms with Crippen LogP contribution in [0, 0.1) is 0 Å². The molecule has 2 rings (SSSR count). The minimum absolute atomic E-state index is 0.663. The van der Waals surface area contributed by atoms with Gasteiger partial charge in [0.15, 0.2) is 0 Å². The van der Waals surface area contributed by atoms with Crippen LogP contribution in [0.15, 0.2) is 42.7 Å². The molecule has 1 aromatic heterocycles. The van der Waals surface area contributed by atoms with Crippen LogP contribution in [0.1, 0.15) is 5.56 Å². The molecule has 0 aliphatic rings. The van der Waals surface area contributed by atoms with Crippen LogP contribution < -0.4 is 14.5 Å². The van der Waals surface area contributed by atoms with Gasteiger partial charge < -0.3 is 10.1 Å². The van der Waals surface area contributed by atoms with Crippen LogP contribution in [0.25, 0.3) is 0 Å². The largest absolute Gasteiger partial charge is 0.497 e. The van der Waals surface area contributed by atoms with E-state index in [2.05, 4.69) is 41.5 Å². The van der Waals surface area contributed by atoms with Crippen molar-refractivity contribution in [1.29, 1.82) is 0 Å². The van der Waals surface area contributed by atoms with E-state index in [1.807, 2.05) is 18.2 Å². The number of nitrogens with one attached hydrogen (secondary N) is 1. The van der Waals surface area contributed by atoms with E-state index in [-0.39, 0.29) is 0 Å². The molecule has 112 valence electrons.